The van der Waals surface area contributed by atoms with Crippen LogP contribution in [0.2, 0.25) is 15.1 Å². The van der Waals surface area contributed by atoms with E-state index < -0.39 is 0 Å². The number of nitriles is 1. The lowest BCUT2D eigenvalue weighted by Gasteiger charge is -2.33. The van der Waals surface area contributed by atoms with Crippen molar-refractivity contribution in [2.45, 2.75) is 46.6 Å². The molecule has 4 rings (SSSR count). The predicted molar refractivity (Wildman–Crippen MR) is 144 cm³/mol. The summed E-state index contributed by atoms with van der Waals surface area (Å²) in [6, 6.07) is 13.2. The van der Waals surface area contributed by atoms with Gasteiger partial charge in [-0.2, -0.15) is 5.26 Å². The fourth-order valence-corrected chi connectivity index (χ4v) is 5.91. The highest BCUT2D eigenvalue weighted by atomic mass is 35.5. The fraction of sp³-hybridized carbons (Fsp3) is 0.333. The second-order valence-corrected chi connectivity index (χ2v) is 11.9. The Kier molecular flexibility index (Phi) is 7.60. The highest BCUT2D eigenvalue weighted by molar-refractivity contribution is 7.16. The van der Waals surface area contributed by atoms with Gasteiger partial charge in [0.25, 0.3) is 0 Å². The van der Waals surface area contributed by atoms with Crippen LogP contribution < -0.4 is 4.74 Å². The molecule has 0 aliphatic heterocycles. The topological polar surface area (TPSA) is 45.4 Å². The average molecular weight is 532 g/mol. The molecule has 0 N–H and O–H groups in total. The summed E-state index contributed by atoms with van der Waals surface area (Å²) in [6.07, 6.45) is 4.77. The van der Waals surface area contributed by atoms with Crippen LogP contribution in [-0.4, -0.2) is 6.21 Å². The van der Waals surface area contributed by atoms with Gasteiger partial charge in [0.15, 0.2) is 0 Å². The molecular formula is C27H25Cl3N2OS. The summed E-state index contributed by atoms with van der Waals surface area (Å²) in [6.45, 7) is 7.20. The Hall–Kier alpha value is -2.03. The molecule has 1 atom stereocenters. The van der Waals surface area contributed by atoms with Gasteiger partial charge < -0.3 is 4.74 Å². The van der Waals surface area contributed by atoms with E-state index in [9.17, 15) is 5.26 Å². The number of aliphatic imine (C=N–C) groups is 1. The van der Waals surface area contributed by atoms with E-state index in [1.54, 1.807) is 35.8 Å². The Morgan fingerprint density at radius 1 is 1.15 bits per heavy atom. The maximum absolute atomic E-state index is 9.85. The van der Waals surface area contributed by atoms with Crippen LogP contribution in [0.1, 0.15) is 54.3 Å². The molecule has 1 aliphatic rings. The van der Waals surface area contributed by atoms with Crippen LogP contribution in [-0.2, 0) is 19.4 Å². The van der Waals surface area contributed by atoms with Crippen LogP contribution in [0.15, 0.2) is 41.4 Å². The van der Waals surface area contributed by atoms with Crippen molar-refractivity contribution in [1.29, 1.82) is 5.26 Å². The maximum atomic E-state index is 9.85. The lowest BCUT2D eigenvalue weighted by atomic mass is 9.72. The van der Waals surface area contributed by atoms with Gasteiger partial charge in [0.1, 0.15) is 23.4 Å². The van der Waals surface area contributed by atoms with E-state index in [4.69, 9.17) is 44.5 Å². The highest BCUT2D eigenvalue weighted by Crippen LogP contribution is 2.45. The largest absolute Gasteiger partial charge is 0.488 e. The molecule has 3 aromatic rings. The van der Waals surface area contributed by atoms with Gasteiger partial charge >= 0.3 is 0 Å². The summed E-state index contributed by atoms with van der Waals surface area (Å²) >= 11 is 20.0. The van der Waals surface area contributed by atoms with Crippen LogP contribution in [0.4, 0.5) is 5.00 Å². The molecule has 0 bridgehead atoms. The zero-order valence-corrected chi connectivity index (χ0v) is 22.4. The van der Waals surface area contributed by atoms with E-state index >= 15 is 0 Å². The summed E-state index contributed by atoms with van der Waals surface area (Å²) in [5, 5.41) is 12.2. The number of ether oxygens (including phenoxy) is 1. The third kappa shape index (κ3) is 5.61. The van der Waals surface area contributed by atoms with Crippen molar-refractivity contribution in [3.8, 4) is 11.8 Å². The second-order valence-electron chi connectivity index (χ2n) is 9.58. The van der Waals surface area contributed by atoms with Crippen molar-refractivity contribution >= 4 is 57.4 Å². The first-order chi connectivity index (χ1) is 16.2. The van der Waals surface area contributed by atoms with Crippen molar-refractivity contribution in [3.63, 3.8) is 0 Å². The minimum Gasteiger partial charge on any atom is -0.488 e. The molecule has 1 aliphatic carbocycles. The summed E-state index contributed by atoms with van der Waals surface area (Å²) < 4.78 is 6.04. The molecule has 176 valence electrons. The van der Waals surface area contributed by atoms with Crippen LogP contribution in [0, 0.1) is 22.7 Å². The molecular weight excluding hydrogens is 507 g/mol. The third-order valence-electron chi connectivity index (χ3n) is 6.25. The number of fused-ring (bicyclic) bond motifs is 1. The van der Waals surface area contributed by atoms with Gasteiger partial charge in [0.05, 0.1) is 15.6 Å². The van der Waals surface area contributed by atoms with Crippen LogP contribution in [0.25, 0.3) is 0 Å². The van der Waals surface area contributed by atoms with E-state index in [0.29, 0.717) is 38.9 Å². The Morgan fingerprint density at radius 3 is 2.65 bits per heavy atom. The standard InChI is InChI=1S/C27H25Cl3N2OS/c1-27(2,3)18-5-7-20-21(13-31)26(34-25(20)12-18)32-14-17-11-19(28)6-9-24(17)33-15-16-4-8-22(29)23(30)10-16/h4,6,8-11,14,18H,5,7,12,15H2,1-3H3/t18-/m1/s1. The molecule has 0 fully saturated rings. The number of thiophene rings is 1. The molecule has 0 amide bonds. The molecule has 7 heteroatoms. The summed E-state index contributed by atoms with van der Waals surface area (Å²) in [5.74, 6) is 1.25. The molecule has 34 heavy (non-hydrogen) atoms. The monoisotopic (exact) mass is 530 g/mol. The van der Waals surface area contributed by atoms with E-state index in [-0.39, 0.29) is 5.41 Å². The first-order valence-corrected chi connectivity index (χ1v) is 13.1. The van der Waals surface area contributed by atoms with Gasteiger partial charge in [-0.15, -0.1) is 11.3 Å². The van der Waals surface area contributed by atoms with Crippen LogP contribution >= 0.6 is 46.1 Å². The highest BCUT2D eigenvalue weighted by Gasteiger charge is 2.32. The van der Waals surface area contributed by atoms with E-state index in [2.05, 4.69) is 26.8 Å². The first kappa shape index (κ1) is 25.1. The molecule has 2 aromatic carbocycles. The quantitative estimate of drug-likeness (QED) is 0.308. The molecule has 0 saturated heterocycles. The third-order valence-corrected chi connectivity index (χ3v) is 8.39. The molecule has 1 aromatic heterocycles. The lowest BCUT2D eigenvalue weighted by Crippen LogP contribution is -2.26. The zero-order chi connectivity index (χ0) is 24.5. The maximum Gasteiger partial charge on any atom is 0.134 e. The van der Waals surface area contributed by atoms with Gasteiger partial charge in [-0.25, -0.2) is 4.99 Å². The molecule has 0 saturated carbocycles. The van der Waals surface area contributed by atoms with Crippen molar-refractivity contribution in [3.05, 3.63) is 78.6 Å². The Balaban J connectivity index is 1.58. The molecule has 0 radical (unpaired) electrons. The summed E-state index contributed by atoms with van der Waals surface area (Å²) in [7, 11) is 0. The Bertz CT molecular complexity index is 1280. The molecule has 0 unspecified atom stereocenters. The first-order valence-electron chi connectivity index (χ1n) is 11.1. The van der Waals surface area contributed by atoms with Crippen molar-refractivity contribution in [2.75, 3.05) is 0 Å². The SMILES string of the molecule is CC(C)(C)[C@@H]1CCc2c(sc(N=Cc3cc(Cl)ccc3OCc3ccc(Cl)c(Cl)c3)c2C#N)C1. The van der Waals surface area contributed by atoms with E-state index in [1.807, 2.05) is 18.2 Å². The summed E-state index contributed by atoms with van der Waals surface area (Å²) in [4.78, 5) is 6.00. The second kappa shape index (κ2) is 10.3. The molecule has 3 nitrogen and oxygen atoms in total. The van der Waals surface area contributed by atoms with Crippen LogP contribution in [0.3, 0.4) is 0 Å². The van der Waals surface area contributed by atoms with Gasteiger partial charge in [-0.05, 0) is 72.1 Å². The molecule has 0 spiro atoms. The van der Waals surface area contributed by atoms with E-state index in [0.717, 1.165) is 35.4 Å². The Labute approximate surface area is 220 Å². The number of benzene rings is 2. The smallest absolute Gasteiger partial charge is 0.134 e. The summed E-state index contributed by atoms with van der Waals surface area (Å²) in [5.41, 5.74) is 3.76. The van der Waals surface area contributed by atoms with Crippen molar-refractivity contribution < 1.29 is 4.74 Å². The number of hydrogen-bond donors (Lipinski definition) is 0. The fourth-order valence-electron chi connectivity index (χ4n) is 4.19. The number of halogens is 3. The zero-order valence-electron chi connectivity index (χ0n) is 19.3. The number of rotatable bonds is 5. The van der Waals surface area contributed by atoms with Gasteiger partial charge in [-0.3, -0.25) is 0 Å². The minimum atomic E-state index is 0.249. The lowest BCUT2D eigenvalue weighted by molar-refractivity contribution is 0.218. The molecule has 1 heterocycles. The average Bonchev–Trinajstić information content (AvgIpc) is 3.15. The van der Waals surface area contributed by atoms with Gasteiger partial charge in [0.2, 0.25) is 0 Å². The van der Waals surface area contributed by atoms with E-state index in [1.165, 1.54) is 10.4 Å². The van der Waals surface area contributed by atoms with Crippen LogP contribution in [0.5, 0.6) is 5.75 Å². The Morgan fingerprint density at radius 2 is 1.94 bits per heavy atom. The van der Waals surface area contributed by atoms with Crippen molar-refractivity contribution in [1.82, 2.24) is 0 Å². The van der Waals surface area contributed by atoms with Crippen molar-refractivity contribution in [2.24, 2.45) is 16.3 Å². The number of hydrogen-bond acceptors (Lipinski definition) is 4. The predicted octanol–water partition coefficient (Wildman–Crippen LogP) is 9.06. The van der Waals surface area contributed by atoms with Gasteiger partial charge in [0, 0.05) is 21.7 Å². The number of nitrogens with zero attached hydrogens (tertiary/aromatic N) is 2. The normalized spacial score (nSPS) is 15.9. The van der Waals surface area contributed by atoms with Gasteiger partial charge in [-0.1, -0.05) is 61.6 Å². The minimum absolute atomic E-state index is 0.249.